The van der Waals surface area contributed by atoms with Crippen LogP contribution >= 0.6 is 11.8 Å². The van der Waals surface area contributed by atoms with Gasteiger partial charge in [0.2, 0.25) is 0 Å². The zero-order valence-electron chi connectivity index (χ0n) is 20.5. The number of hydrogen-bond acceptors (Lipinski definition) is 5. The molecule has 5 rings (SSSR count). The molecule has 194 valence electrons. The van der Waals surface area contributed by atoms with E-state index in [1.54, 1.807) is 37.3 Å². The number of nitriles is 1. The minimum absolute atomic E-state index is 0.0155. The Bertz CT molecular complexity index is 1690. The van der Waals surface area contributed by atoms with Crippen molar-refractivity contribution in [1.29, 1.82) is 5.26 Å². The molecule has 7 nitrogen and oxygen atoms in total. The first-order valence-corrected chi connectivity index (χ1v) is 13.1. The molecular weight excluding hydrogens is 515 g/mol. The van der Waals surface area contributed by atoms with Gasteiger partial charge in [0.25, 0.3) is 5.56 Å². The molecule has 0 radical (unpaired) electrons. The van der Waals surface area contributed by atoms with Crippen molar-refractivity contribution >= 4 is 11.8 Å². The number of rotatable bonds is 6. The maximum absolute atomic E-state index is 14.0. The third kappa shape index (κ3) is 4.24. The molecule has 2 heterocycles. The SMILES string of the molecule is CSCC1(n2c(=O)c(-c3ccnn3-c3ccc(C#N)cc3)c(C)n(-c3cccc(C(F)(F)F)c3)c2=O)CC1. The molecular formula is C27H22F3N5O2S. The van der Waals surface area contributed by atoms with Crippen LogP contribution in [-0.4, -0.2) is 30.9 Å². The molecule has 1 aliphatic carbocycles. The topological polar surface area (TPSA) is 85.6 Å². The van der Waals surface area contributed by atoms with Gasteiger partial charge >= 0.3 is 11.9 Å². The van der Waals surface area contributed by atoms with E-state index in [0.717, 1.165) is 12.1 Å². The van der Waals surface area contributed by atoms with Gasteiger partial charge in [-0.05, 0) is 74.6 Å². The number of aromatic nitrogens is 4. The van der Waals surface area contributed by atoms with Crippen molar-refractivity contribution in [3.05, 3.63) is 98.5 Å². The maximum Gasteiger partial charge on any atom is 0.416 e. The summed E-state index contributed by atoms with van der Waals surface area (Å²) in [7, 11) is 0. The van der Waals surface area contributed by atoms with Crippen molar-refractivity contribution in [2.45, 2.75) is 31.5 Å². The van der Waals surface area contributed by atoms with Gasteiger partial charge in [0.1, 0.15) is 0 Å². The molecule has 0 amide bonds. The Kier molecular flexibility index (Phi) is 6.31. The fourth-order valence-corrected chi connectivity index (χ4v) is 5.72. The Morgan fingerprint density at radius 2 is 1.79 bits per heavy atom. The Labute approximate surface area is 219 Å². The van der Waals surface area contributed by atoms with Crippen LogP contribution in [0.2, 0.25) is 0 Å². The first kappa shape index (κ1) is 25.6. The van der Waals surface area contributed by atoms with E-state index in [4.69, 9.17) is 5.26 Å². The minimum Gasteiger partial charge on any atom is -0.268 e. The number of nitrogens with zero attached hydrogens (tertiary/aromatic N) is 5. The van der Waals surface area contributed by atoms with Crippen LogP contribution < -0.4 is 11.2 Å². The van der Waals surface area contributed by atoms with Gasteiger partial charge in [-0.25, -0.2) is 9.48 Å². The van der Waals surface area contributed by atoms with E-state index in [9.17, 15) is 22.8 Å². The Morgan fingerprint density at radius 3 is 2.39 bits per heavy atom. The molecule has 2 aromatic heterocycles. The zero-order chi connectivity index (χ0) is 27.2. The molecule has 38 heavy (non-hydrogen) atoms. The van der Waals surface area contributed by atoms with E-state index in [1.165, 1.54) is 43.9 Å². The lowest BCUT2D eigenvalue weighted by atomic mass is 10.1. The van der Waals surface area contributed by atoms with Crippen molar-refractivity contribution in [2.24, 2.45) is 0 Å². The van der Waals surface area contributed by atoms with Crippen molar-refractivity contribution < 1.29 is 13.2 Å². The van der Waals surface area contributed by atoms with Crippen LogP contribution in [0.5, 0.6) is 0 Å². The predicted octanol–water partition coefficient (Wildman–Crippen LogP) is 4.90. The van der Waals surface area contributed by atoms with Gasteiger partial charge in [-0.1, -0.05) is 6.07 Å². The van der Waals surface area contributed by atoms with Crippen molar-refractivity contribution in [3.8, 4) is 28.7 Å². The Hall–Kier alpha value is -4.04. The predicted molar refractivity (Wildman–Crippen MR) is 139 cm³/mol. The van der Waals surface area contributed by atoms with Gasteiger partial charge in [-0.15, -0.1) is 0 Å². The molecule has 0 atom stereocenters. The van der Waals surface area contributed by atoms with E-state index in [1.807, 2.05) is 6.26 Å². The molecule has 0 unspecified atom stereocenters. The fraction of sp³-hybridized carbons (Fsp3) is 0.259. The van der Waals surface area contributed by atoms with Crippen molar-refractivity contribution in [2.75, 3.05) is 12.0 Å². The van der Waals surface area contributed by atoms with Crippen LogP contribution in [-0.2, 0) is 11.7 Å². The van der Waals surface area contributed by atoms with Gasteiger partial charge in [-0.2, -0.15) is 35.3 Å². The van der Waals surface area contributed by atoms with Gasteiger partial charge in [0.15, 0.2) is 0 Å². The lowest BCUT2D eigenvalue weighted by Gasteiger charge is -2.23. The second-order valence-electron chi connectivity index (χ2n) is 9.21. The van der Waals surface area contributed by atoms with Crippen LogP contribution in [0.15, 0.2) is 70.4 Å². The van der Waals surface area contributed by atoms with Crippen LogP contribution in [0.4, 0.5) is 13.2 Å². The summed E-state index contributed by atoms with van der Waals surface area (Å²) in [5.74, 6) is 0.516. The highest BCUT2D eigenvalue weighted by atomic mass is 32.2. The van der Waals surface area contributed by atoms with E-state index >= 15 is 0 Å². The average Bonchev–Trinajstić information content (AvgIpc) is 3.49. The number of halogens is 3. The van der Waals surface area contributed by atoms with Crippen LogP contribution in [0, 0.1) is 18.3 Å². The number of alkyl halides is 3. The van der Waals surface area contributed by atoms with Gasteiger partial charge in [-0.3, -0.25) is 13.9 Å². The second-order valence-corrected chi connectivity index (χ2v) is 10.1. The van der Waals surface area contributed by atoms with Crippen molar-refractivity contribution in [1.82, 2.24) is 18.9 Å². The highest BCUT2D eigenvalue weighted by molar-refractivity contribution is 7.98. The molecule has 4 aromatic rings. The van der Waals surface area contributed by atoms with E-state index < -0.39 is 28.5 Å². The molecule has 11 heteroatoms. The summed E-state index contributed by atoms with van der Waals surface area (Å²) in [6, 6.07) is 14.8. The lowest BCUT2D eigenvalue weighted by Crippen LogP contribution is -2.48. The normalized spacial score (nSPS) is 14.3. The molecule has 0 saturated heterocycles. The van der Waals surface area contributed by atoms with Crippen molar-refractivity contribution in [3.63, 3.8) is 0 Å². The highest BCUT2D eigenvalue weighted by Gasteiger charge is 2.47. The zero-order valence-corrected chi connectivity index (χ0v) is 21.3. The summed E-state index contributed by atoms with van der Waals surface area (Å²) in [5.41, 5.74) is -1.00. The minimum atomic E-state index is -4.60. The standard InChI is InChI=1S/C27H22F3N5O2S/c1-17-23(22-10-13-32-35(22)20-8-6-18(15-31)7-9-20)24(36)34(26(11-12-26)16-38-2)25(37)33(17)21-5-3-4-19(14-21)27(28,29)30/h3-10,13-14H,11-12,16H2,1-2H3. The molecule has 1 aliphatic rings. The Morgan fingerprint density at radius 1 is 1.08 bits per heavy atom. The molecule has 0 N–H and O–H groups in total. The van der Waals surface area contributed by atoms with Crippen LogP contribution in [0.25, 0.3) is 22.6 Å². The van der Waals surface area contributed by atoms with Gasteiger partial charge in [0, 0.05) is 11.4 Å². The Balaban J connectivity index is 1.82. The maximum atomic E-state index is 14.0. The quantitative estimate of drug-likeness (QED) is 0.349. The molecule has 1 saturated carbocycles. The molecule has 0 bridgehead atoms. The summed E-state index contributed by atoms with van der Waals surface area (Å²) in [5, 5.41) is 13.5. The van der Waals surface area contributed by atoms with Gasteiger partial charge in [0.05, 0.1) is 51.6 Å². The van der Waals surface area contributed by atoms with E-state index in [2.05, 4.69) is 11.2 Å². The third-order valence-electron chi connectivity index (χ3n) is 6.78. The van der Waals surface area contributed by atoms with E-state index in [0.29, 0.717) is 35.5 Å². The first-order valence-electron chi connectivity index (χ1n) is 11.7. The average molecular weight is 538 g/mol. The largest absolute Gasteiger partial charge is 0.416 e. The summed E-state index contributed by atoms with van der Waals surface area (Å²) >= 11 is 1.50. The second kappa shape index (κ2) is 9.36. The lowest BCUT2D eigenvalue weighted by molar-refractivity contribution is -0.137. The highest BCUT2D eigenvalue weighted by Crippen LogP contribution is 2.44. The smallest absolute Gasteiger partial charge is 0.268 e. The summed E-state index contributed by atoms with van der Waals surface area (Å²) in [4.78, 5) is 27.9. The summed E-state index contributed by atoms with van der Waals surface area (Å²) < 4.78 is 44.6. The number of hydrogen-bond donors (Lipinski definition) is 0. The number of benzene rings is 2. The van der Waals surface area contributed by atoms with Crippen LogP contribution in [0.1, 0.15) is 29.7 Å². The molecule has 2 aromatic carbocycles. The van der Waals surface area contributed by atoms with Crippen LogP contribution in [0.3, 0.4) is 0 Å². The molecule has 0 spiro atoms. The number of thioether (sulfide) groups is 1. The first-order chi connectivity index (χ1) is 18.1. The third-order valence-corrected chi connectivity index (χ3v) is 7.61. The van der Waals surface area contributed by atoms with Gasteiger partial charge < -0.3 is 0 Å². The summed E-state index contributed by atoms with van der Waals surface area (Å²) in [6.07, 6.45) is 0.0122. The summed E-state index contributed by atoms with van der Waals surface area (Å²) in [6.45, 7) is 1.55. The monoisotopic (exact) mass is 537 g/mol. The molecule has 1 fully saturated rings. The molecule has 0 aliphatic heterocycles. The fourth-order valence-electron chi connectivity index (χ4n) is 4.77. The van der Waals surface area contributed by atoms with E-state index in [-0.39, 0.29) is 16.9 Å².